The average Bonchev–Trinajstić information content (AvgIpc) is 3.69. The number of hydrogen-bond acceptors (Lipinski definition) is 9. The summed E-state index contributed by atoms with van der Waals surface area (Å²) < 4.78 is 5.31. The first kappa shape index (κ1) is 35.8. The van der Waals surface area contributed by atoms with Crippen molar-refractivity contribution in [2.24, 2.45) is 13.0 Å². The van der Waals surface area contributed by atoms with Crippen LogP contribution in [0.5, 0.6) is 0 Å². The zero-order valence-electron chi connectivity index (χ0n) is 31.0. The van der Waals surface area contributed by atoms with Gasteiger partial charge in [-0.3, -0.25) is 38.5 Å². The van der Waals surface area contributed by atoms with Crippen LogP contribution in [0.15, 0.2) is 59.9 Å². The predicted octanol–water partition coefficient (Wildman–Crippen LogP) is 4.55. The van der Waals surface area contributed by atoms with Crippen molar-refractivity contribution in [2.75, 3.05) is 25.0 Å². The molecule has 1 atom stereocenters. The third kappa shape index (κ3) is 6.84. The lowest BCUT2D eigenvalue weighted by Crippen LogP contribution is -2.44. The van der Waals surface area contributed by atoms with Crippen molar-refractivity contribution >= 4 is 45.3 Å². The maximum atomic E-state index is 13.4. The van der Waals surface area contributed by atoms with E-state index in [1.54, 1.807) is 30.0 Å². The lowest BCUT2D eigenvalue weighted by Gasteiger charge is -2.37. The quantitative estimate of drug-likeness (QED) is 0.194. The summed E-state index contributed by atoms with van der Waals surface area (Å²) in [7, 11) is 1.78. The number of benzene rings is 2. The van der Waals surface area contributed by atoms with E-state index in [1.165, 1.54) is 18.6 Å². The van der Waals surface area contributed by atoms with Gasteiger partial charge in [0.05, 0.1) is 34.4 Å². The number of nitrogens with zero attached hydrogens (tertiary/aromatic N) is 7. The second-order valence-electron chi connectivity index (χ2n) is 15.8. The van der Waals surface area contributed by atoms with Crippen molar-refractivity contribution in [3.63, 3.8) is 0 Å². The van der Waals surface area contributed by atoms with Gasteiger partial charge in [-0.15, -0.1) is 0 Å². The fourth-order valence-electron chi connectivity index (χ4n) is 8.90. The van der Waals surface area contributed by atoms with Crippen LogP contribution in [-0.2, 0) is 22.2 Å². The van der Waals surface area contributed by atoms with E-state index in [-0.39, 0.29) is 29.8 Å². The van der Waals surface area contributed by atoms with E-state index in [0.29, 0.717) is 29.5 Å². The van der Waals surface area contributed by atoms with E-state index < -0.39 is 23.5 Å². The molecule has 3 fully saturated rings. The number of aryl methyl sites for hydroxylation is 1. The van der Waals surface area contributed by atoms with Crippen molar-refractivity contribution in [2.45, 2.75) is 88.8 Å². The first-order valence-electron chi connectivity index (χ1n) is 19.0. The van der Waals surface area contributed by atoms with Gasteiger partial charge in [-0.05, 0) is 107 Å². The number of aromatic nitrogens is 6. The number of carbonyl (C=O) groups excluding carboxylic acids is 3. The summed E-state index contributed by atoms with van der Waals surface area (Å²) in [5.41, 5.74) is 3.43. The molecule has 5 aromatic rings. The Bertz CT molecular complexity index is 2290. The summed E-state index contributed by atoms with van der Waals surface area (Å²) in [4.78, 5) is 61.5. The van der Waals surface area contributed by atoms with Crippen LogP contribution in [0.3, 0.4) is 0 Å². The first-order valence-corrected chi connectivity index (χ1v) is 19.0. The third-order valence-electron chi connectivity index (χ3n) is 11.8. The van der Waals surface area contributed by atoms with Crippen LogP contribution in [-0.4, -0.2) is 76.2 Å². The number of amides is 3. The highest BCUT2D eigenvalue weighted by molar-refractivity contribution is 6.04. The Morgan fingerprint density at radius 2 is 1.80 bits per heavy atom. The van der Waals surface area contributed by atoms with Crippen molar-refractivity contribution in [3.8, 4) is 0 Å². The maximum absolute atomic E-state index is 13.4. The minimum Gasteiger partial charge on any atom is -0.386 e. The molecule has 3 N–H and O–H groups in total. The Morgan fingerprint density at radius 3 is 2.50 bits per heavy atom. The van der Waals surface area contributed by atoms with Crippen LogP contribution in [0.2, 0.25) is 0 Å². The summed E-state index contributed by atoms with van der Waals surface area (Å²) in [5.74, 6) is -0.175. The lowest BCUT2D eigenvalue weighted by atomic mass is 9.84. The maximum Gasteiger partial charge on any atom is 0.329 e. The number of piperidine rings is 2. The van der Waals surface area contributed by atoms with Gasteiger partial charge in [-0.25, -0.2) is 9.78 Å². The zero-order valence-corrected chi connectivity index (χ0v) is 31.0. The molecule has 282 valence electrons. The van der Waals surface area contributed by atoms with Gasteiger partial charge in [0.2, 0.25) is 11.8 Å². The molecule has 3 aromatic heterocycles. The fourth-order valence-corrected chi connectivity index (χ4v) is 8.90. The smallest absolute Gasteiger partial charge is 0.329 e. The van der Waals surface area contributed by atoms with E-state index in [4.69, 9.17) is 5.10 Å². The summed E-state index contributed by atoms with van der Waals surface area (Å²) >= 11 is 0. The van der Waals surface area contributed by atoms with Gasteiger partial charge in [0.25, 0.3) is 5.91 Å². The van der Waals surface area contributed by atoms with Crippen molar-refractivity contribution in [1.29, 1.82) is 0 Å². The monoisotopic (exact) mass is 733 g/mol. The topological polar surface area (TPSA) is 169 Å². The molecule has 1 unspecified atom stereocenters. The molecular weight excluding hydrogens is 686 g/mol. The number of aliphatic hydroxyl groups is 1. The molecule has 2 aliphatic heterocycles. The average molecular weight is 734 g/mol. The Balaban J connectivity index is 0.896. The van der Waals surface area contributed by atoms with Crippen LogP contribution >= 0.6 is 0 Å². The van der Waals surface area contributed by atoms with Crippen LogP contribution in [0.25, 0.3) is 21.9 Å². The van der Waals surface area contributed by atoms with Crippen molar-refractivity contribution < 1.29 is 19.5 Å². The highest BCUT2D eigenvalue weighted by Gasteiger charge is 2.33. The predicted molar refractivity (Wildman–Crippen MR) is 203 cm³/mol. The molecule has 0 bridgehead atoms. The molecule has 54 heavy (non-hydrogen) atoms. The molecule has 1 aliphatic carbocycles. The number of nitrogens with one attached hydrogen (secondary N) is 2. The number of likely N-dealkylation sites (tertiary alicyclic amines) is 1. The number of anilines is 1. The number of imide groups is 1. The number of carbonyl (C=O) groups is 3. The minimum absolute atomic E-state index is 0.195. The molecule has 3 amide bonds. The third-order valence-corrected chi connectivity index (χ3v) is 11.8. The summed E-state index contributed by atoms with van der Waals surface area (Å²) in [6.07, 6.45) is 13.3. The van der Waals surface area contributed by atoms with Gasteiger partial charge in [-0.2, -0.15) is 5.10 Å². The lowest BCUT2D eigenvalue weighted by molar-refractivity contribution is -0.135. The standard InChI is InChI=1S/C40H47N9O5/c1-40(2,54)29-20-30-26(19-31(29)43-37(51)32-21-41-15-16-42-32)23-48(45-30)27-9-7-24(8-10-27)22-47-17-13-25(14-18-47)28-5-4-6-33-36(28)46(3)39(53)49(33)34-11-12-35(50)44-38(34)52/h4-6,15-16,19-21,23-25,27,34,54H,7-14,17-18,22H2,1-3H3,(H,43,51)(H,44,50,52). The Morgan fingerprint density at radius 1 is 1.02 bits per heavy atom. The summed E-state index contributed by atoms with van der Waals surface area (Å²) in [6, 6.07) is 9.35. The fraction of sp³-hybridized carbons (Fsp3) is 0.475. The van der Waals surface area contributed by atoms with Crippen LogP contribution < -0.4 is 16.3 Å². The Kier molecular flexibility index (Phi) is 9.42. The minimum atomic E-state index is -1.20. The molecule has 3 aliphatic rings. The van der Waals surface area contributed by atoms with Gasteiger partial charge in [0.15, 0.2) is 0 Å². The second-order valence-corrected chi connectivity index (χ2v) is 15.8. The number of hydrogen-bond donors (Lipinski definition) is 3. The molecule has 8 rings (SSSR count). The van der Waals surface area contributed by atoms with Gasteiger partial charge in [-0.1, -0.05) is 12.1 Å². The number of imidazole rings is 1. The number of para-hydroxylation sites is 1. The van der Waals surface area contributed by atoms with Gasteiger partial charge in [0.1, 0.15) is 11.7 Å². The summed E-state index contributed by atoms with van der Waals surface area (Å²) in [6.45, 7) is 6.44. The SMILES string of the molecule is Cn1c(=O)n(C2CCC(=O)NC2=O)c2cccc(C3CCN(CC4CCC(n5cc6cc(NC(=O)c7cnccn7)c(C(C)(C)O)cc6n5)CC4)CC3)c21. The summed E-state index contributed by atoms with van der Waals surface area (Å²) in [5, 5.41) is 22.1. The molecule has 2 saturated heterocycles. The molecule has 5 heterocycles. The van der Waals surface area contributed by atoms with Crippen molar-refractivity contribution in [1.82, 2.24) is 39.1 Å². The molecule has 0 radical (unpaired) electrons. The Hall–Kier alpha value is -5.21. The molecule has 14 nitrogen and oxygen atoms in total. The van der Waals surface area contributed by atoms with Gasteiger partial charge < -0.3 is 15.3 Å². The van der Waals surface area contributed by atoms with Crippen LogP contribution in [0, 0.1) is 5.92 Å². The largest absolute Gasteiger partial charge is 0.386 e. The van der Waals surface area contributed by atoms with E-state index in [9.17, 15) is 24.3 Å². The van der Waals surface area contributed by atoms with E-state index in [0.717, 1.165) is 85.7 Å². The highest BCUT2D eigenvalue weighted by atomic mass is 16.3. The van der Waals surface area contributed by atoms with Gasteiger partial charge in [0, 0.05) is 55.2 Å². The van der Waals surface area contributed by atoms with E-state index in [1.807, 2.05) is 30.5 Å². The van der Waals surface area contributed by atoms with E-state index >= 15 is 0 Å². The molecule has 2 aromatic carbocycles. The Labute approximate surface area is 312 Å². The normalized spacial score (nSPS) is 21.8. The molecule has 1 saturated carbocycles. The number of rotatable bonds is 8. The highest BCUT2D eigenvalue weighted by Crippen LogP contribution is 2.38. The first-order chi connectivity index (χ1) is 25.9. The van der Waals surface area contributed by atoms with Gasteiger partial charge >= 0.3 is 5.69 Å². The van der Waals surface area contributed by atoms with Crippen LogP contribution in [0.1, 0.15) is 105 Å². The number of fused-ring (bicyclic) bond motifs is 2. The van der Waals surface area contributed by atoms with E-state index in [2.05, 4.69) is 36.2 Å². The molecule has 0 spiro atoms. The van der Waals surface area contributed by atoms with Crippen LogP contribution in [0.4, 0.5) is 5.69 Å². The zero-order chi connectivity index (χ0) is 37.7. The second kappa shape index (κ2) is 14.2. The van der Waals surface area contributed by atoms with Crippen molar-refractivity contribution in [3.05, 3.63) is 82.4 Å². The molecule has 14 heteroatoms. The molecular formula is C40H47N9O5.